The van der Waals surface area contributed by atoms with Gasteiger partial charge in [0.25, 0.3) is 11.6 Å². The Kier molecular flexibility index (Phi) is 7.12. The van der Waals surface area contributed by atoms with Crippen molar-refractivity contribution in [1.82, 2.24) is 5.43 Å². The highest BCUT2D eigenvalue weighted by Gasteiger charge is 2.23. The van der Waals surface area contributed by atoms with Crippen LogP contribution in [0, 0.1) is 17.0 Å². The summed E-state index contributed by atoms with van der Waals surface area (Å²) in [4.78, 5) is 22.1. The van der Waals surface area contributed by atoms with Crippen molar-refractivity contribution in [2.45, 2.75) is 11.8 Å². The van der Waals surface area contributed by atoms with Crippen LogP contribution >= 0.6 is 0 Å². The van der Waals surface area contributed by atoms with Crippen molar-refractivity contribution in [2.75, 3.05) is 7.11 Å². The summed E-state index contributed by atoms with van der Waals surface area (Å²) in [7, 11) is -3.10. The van der Waals surface area contributed by atoms with Crippen LogP contribution in [0.15, 0.2) is 70.7 Å². The van der Waals surface area contributed by atoms with Crippen LogP contribution in [0.3, 0.4) is 0 Å². The van der Waals surface area contributed by atoms with Crippen LogP contribution in [0.4, 0.5) is 5.69 Å². The van der Waals surface area contributed by atoms with Gasteiger partial charge in [-0.2, -0.15) is 13.5 Å². The maximum Gasteiger partial charge on any atom is 0.339 e. The van der Waals surface area contributed by atoms with Gasteiger partial charge in [-0.15, -0.1) is 0 Å². The molecular weight excluding hydrogens is 466 g/mol. The summed E-state index contributed by atoms with van der Waals surface area (Å²) in [5.41, 5.74) is 2.70. The summed E-state index contributed by atoms with van der Waals surface area (Å²) >= 11 is 0. The van der Waals surface area contributed by atoms with Crippen LogP contribution < -0.4 is 14.3 Å². The first-order valence-electron chi connectivity index (χ1n) is 9.61. The number of nitrogens with one attached hydrogen (secondary N) is 1. The van der Waals surface area contributed by atoms with Gasteiger partial charge in [-0.25, -0.2) is 5.43 Å². The Morgan fingerprint density at radius 3 is 2.53 bits per heavy atom. The lowest BCUT2D eigenvalue weighted by Crippen LogP contribution is -2.17. The van der Waals surface area contributed by atoms with Crippen molar-refractivity contribution >= 4 is 27.9 Å². The van der Waals surface area contributed by atoms with Gasteiger partial charge in [-0.1, -0.05) is 18.2 Å². The molecule has 0 bridgehead atoms. The Morgan fingerprint density at radius 1 is 1.12 bits per heavy atom. The predicted molar refractivity (Wildman–Crippen MR) is 122 cm³/mol. The quantitative estimate of drug-likeness (QED) is 0.213. The number of amides is 1. The van der Waals surface area contributed by atoms with E-state index in [9.17, 15) is 28.4 Å². The number of benzene rings is 3. The van der Waals surface area contributed by atoms with Gasteiger partial charge in [0.15, 0.2) is 11.5 Å². The van der Waals surface area contributed by atoms with Gasteiger partial charge in [0, 0.05) is 11.6 Å². The number of carbonyl (C=O) groups is 1. The van der Waals surface area contributed by atoms with Crippen LogP contribution in [-0.4, -0.2) is 37.7 Å². The van der Waals surface area contributed by atoms with Crippen molar-refractivity contribution in [3.8, 4) is 17.2 Å². The number of rotatable bonds is 8. The van der Waals surface area contributed by atoms with E-state index < -0.39 is 20.9 Å². The lowest BCUT2D eigenvalue weighted by atomic mass is 10.2. The molecule has 2 N–H and O–H groups in total. The van der Waals surface area contributed by atoms with Crippen molar-refractivity contribution < 1.29 is 32.2 Å². The van der Waals surface area contributed by atoms with E-state index in [4.69, 9.17) is 8.92 Å². The molecule has 12 heteroatoms. The predicted octanol–water partition coefficient (Wildman–Crippen LogP) is 3.15. The van der Waals surface area contributed by atoms with E-state index in [0.29, 0.717) is 11.1 Å². The van der Waals surface area contributed by atoms with Crippen LogP contribution in [0.2, 0.25) is 0 Å². The zero-order valence-corrected chi connectivity index (χ0v) is 18.8. The number of nitro groups is 1. The lowest BCUT2D eigenvalue weighted by Gasteiger charge is -2.11. The molecule has 0 unspecified atom stereocenters. The normalized spacial score (nSPS) is 11.2. The van der Waals surface area contributed by atoms with Gasteiger partial charge in [0.1, 0.15) is 10.6 Å². The van der Waals surface area contributed by atoms with Gasteiger partial charge in [0.05, 0.1) is 23.8 Å². The number of nitro benzene ring substituents is 1. The highest BCUT2D eigenvalue weighted by molar-refractivity contribution is 7.87. The molecule has 0 radical (unpaired) electrons. The van der Waals surface area contributed by atoms with Crippen molar-refractivity contribution in [1.29, 1.82) is 0 Å². The van der Waals surface area contributed by atoms with Crippen LogP contribution in [0.1, 0.15) is 21.5 Å². The number of para-hydroxylation sites is 1. The highest BCUT2D eigenvalue weighted by atomic mass is 32.2. The van der Waals surface area contributed by atoms with Crippen LogP contribution in [0.5, 0.6) is 17.2 Å². The number of aryl methyl sites for hydroxylation is 1. The number of phenols is 1. The molecule has 0 fully saturated rings. The monoisotopic (exact) mass is 485 g/mol. The number of hydrogen-bond acceptors (Lipinski definition) is 9. The minimum atomic E-state index is -4.39. The Bertz CT molecular complexity index is 1390. The largest absolute Gasteiger partial charge is 0.507 e. The molecule has 0 atom stereocenters. The zero-order valence-electron chi connectivity index (χ0n) is 18.0. The number of methoxy groups -OCH3 is 1. The molecule has 176 valence electrons. The zero-order chi connectivity index (χ0) is 24.9. The van der Waals surface area contributed by atoms with Gasteiger partial charge in [-0.05, 0) is 48.9 Å². The van der Waals surface area contributed by atoms with E-state index in [1.54, 1.807) is 12.1 Å². The number of aromatic hydroxyl groups is 1. The third kappa shape index (κ3) is 5.48. The van der Waals surface area contributed by atoms with E-state index in [1.807, 2.05) is 0 Å². The molecule has 0 saturated carbocycles. The Morgan fingerprint density at radius 2 is 1.85 bits per heavy atom. The molecule has 3 rings (SSSR count). The molecule has 34 heavy (non-hydrogen) atoms. The molecule has 0 heterocycles. The van der Waals surface area contributed by atoms with Crippen LogP contribution in [0.25, 0.3) is 0 Å². The number of carbonyl (C=O) groups excluding carboxylic acids is 1. The summed E-state index contributed by atoms with van der Waals surface area (Å²) in [5.74, 6) is -0.930. The van der Waals surface area contributed by atoms with E-state index in [1.165, 1.54) is 62.7 Å². The Balaban J connectivity index is 1.78. The van der Waals surface area contributed by atoms with E-state index in [0.717, 1.165) is 6.07 Å². The molecule has 0 aliphatic carbocycles. The third-order valence-corrected chi connectivity index (χ3v) is 5.81. The fourth-order valence-electron chi connectivity index (χ4n) is 2.83. The number of ether oxygens (including phenoxy) is 1. The van der Waals surface area contributed by atoms with Gasteiger partial charge in [0.2, 0.25) is 0 Å². The van der Waals surface area contributed by atoms with Crippen molar-refractivity contribution in [2.24, 2.45) is 5.10 Å². The molecule has 0 aliphatic heterocycles. The molecule has 0 aliphatic rings. The first kappa shape index (κ1) is 24.2. The smallest absolute Gasteiger partial charge is 0.339 e. The molecule has 1 amide bonds. The van der Waals surface area contributed by atoms with E-state index in [-0.39, 0.29) is 33.4 Å². The number of hydrogen-bond donors (Lipinski definition) is 2. The van der Waals surface area contributed by atoms with Crippen LogP contribution in [-0.2, 0) is 10.1 Å². The summed E-state index contributed by atoms with van der Waals surface area (Å²) in [6.07, 6.45) is 1.28. The number of nitrogens with zero attached hydrogens (tertiary/aromatic N) is 2. The molecular formula is C22H19N3O8S. The standard InChI is InChI=1S/C22H19N3O8S/c1-14-7-9-16(12-18(14)25(28)29)34(30,31)33-20-10-8-15(11-21(20)32-2)13-23-24-22(27)17-5-3-4-6-19(17)26/h3-13,26H,1-2H3,(H,24,27)/b23-13+. The van der Waals surface area contributed by atoms with E-state index in [2.05, 4.69) is 10.5 Å². The topological polar surface area (TPSA) is 157 Å². The summed E-state index contributed by atoms with van der Waals surface area (Å²) < 4.78 is 35.6. The lowest BCUT2D eigenvalue weighted by molar-refractivity contribution is -0.385. The second kappa shape index (κ2) is 10.0. The average Bonchev–Trinajstić information content (AvgIpc) is 2.79. The minimum Gasteiger partial charge on any atom is -0.507 e. The average molecular weight is 485 g/mol. The van der Waals surface area contributed by atoms with Gasteiger partial charge >= 0.3 is 10.1 Å². The second-order valence-corrected chi connectivity index (χ2v) is 8.42. The summed E-state index contributed by atoms with van der Waals surface area (Å²) in [6, 6.07) is 13.6. The number of hydrazone groups is 1. The second-order valence-electron chi connectivity index (χ2n) is 6.87. The summed E-state index contributed by atoms with van der Waals surface area (Å²) in [6.45, 7) is 1.49. The Labute approximate surface area is 194 Å². The maximum atomic E-state index is 12.7. The minimum absolute atomic E-state index is 0.0427. The first-order valence-corrected chi connectivity index (χ1v) is 11.0. The molecule has 3 aromatic rings. The third-order valence-electron chi connectivity index (χ3n) is 4.58. The molecule has 0 aromatic heterocycles. The fraction of sp³-hybridized carbons (Fsp3) is 0.0909. The molecule has 11 nitrogen and oxygen atoms in total. The number of phenolic OH excluding ortho intramolecular Hbond substituents is 1. The van der Waals surface area contributed by atoms with Crippen molar-refractivity contribution in [3.63, 3.8) is 0 Å². The van der Waals surface area contributed by atoms with E-state index >= 15 is 0 Å². The SMILES string of the molecule is COc1cc(/C=N/NC(=O)c2ccccc2O)ccc1OS(=O)(=O)c1ccc(C)c([N+](=O)[O-])c1. The fourth-order valence-corrected chi connectivity index (χ4v) is 3.79. The maximum absolute atomic E-state index is 12.7. The molecule has 0 spiro atoms. The first-order chi connectivity index (χ1) is 16.1. The molecule has 0 saturated heterocycles. The molecule has 3 aromatic carbocycles. The van der Waals surface area contributed by atoms with Crippen molar-refractivity contribution in [3.05, 3.63) is 87.5 Å². The highest BCUT2D eigenvalue weighted by Crippen LogP contribution is 2.31. The van der Waals surface area contributed by atoms with Gasteiger partial charge < -0.3 is 14.0 Å². The van der Waals surface area contributed by atoms with Gasteiger partial charge in [-0.3, -0.25) is 14.9 Å². The Hall–Kier alpha value is -4.45. The summed E-state index contributed by atoms with van der Waals surface area (Å²) in [5, 5.41) is 24.6.